The summed E-state index contributed by atoms with van der Waals surface area (Å²) in [6.45, 7) is 3.03. The van der Waals surface area contributed by atoms with Crippen molar-refractivity contribution in [3.63, 3.8) is 0 Å². The third-order valence-corrected chi connectivity index (χ3v) is 5.63. The summed E-state index contributed by atoms with van der Waals surface area (Å²) in [4.78, 5) is 10.5. The molecule has 3 aromatic rings. The average molecular weight is 412 g/mol. The maximum atomic E-state index is 6.13. The van der Waals surface area contributed by atoms with Gasteiger partial charge in [-0.1, -0.05) is 54.6 Å². The van der Waals surface area contributed by atoms with Crippen LogP contribution >= 0.6 is 0 Å². The number of benzene rings is 3. The van der Waals surface area contributed by atoms with E-state index in [0.29, 0.717) is 19.2 Å². The largest absolute Gasteiger partial charge is 0.426 e. The van der Waals surface area contributed by atoms with Crippen molar-refractivity contribution < 1.29 is 9.57 Å². The van der Waals surface area contributed by atoms with Gasteiger partial charge in [-0.3, -0.25) is 4.84 Å². The molecule has 1 aliphatic heterocycles. The Kier molecular flexibility index (Phi) is 5.28. The Labute approximate surface area is 182 Å². The number of rotatable bonds is 4. The number of nitrogens with zero attached hydrogens (tertiary/aromatic N) is 2. The van der Waals surface area contributed by atoms with Gasteiger partial charge < -0.3 is 10.1 Å². The molecule has 5 rings (SSSR count). The molecule has 1 atom stereocenters. The van der Waals surface area contributed by atoms with E-state index in [9.17, 15) is 0 Å². The summed E-state index contributed by atoms with van der Waals surface area (Å²) in [7, 11) is 2.01. The molecule has 1 saturated heterocycles. The van der Waals surface area contributed by atoms with Gasteiger partial charge in [-0.15, -0.1) is 0 Å². The topological polar surface area (TPSA) is 46.1 Å². The van der Waals surface area contributed by atoms with Gasteiger partial charge >= 0.3 is 6.02 Å². The fourth-order valence-corrected chi connectivity index (χ4v) is 4.19. The van der Waals surface area contributed by atoms with Crippen molar-refractivity contribution >= 4 is 17.8 Å². The van der Waals surface area contributed by atoms with E-state index in [2.05, 4.69) is 52.8 Å². The van der Waals surface area contributed by atoms with Crippen molar-refractivity contribution in [2.45, 2.75) is 13.0 Å². The number of aliphatic imine (C=N–C) groups is 1. The number of para-hydroxylation sites is 1. The van der Waals surface area contributed by atoms with Crippen molar-refractivity contribution in [2.24, 2.45) is 4.99 Å². The summed E-state index contributed by atoms with van der Waals surface area (Å²) in [5.74, 6) is 0.732. The summed E-state index contributed by atoms with van der Waals surface area (Å²) >= 11 is 0. The number of nitrogens with one attached hydrogen (secondary N) is 1. The number of hydrogen-bond acceptors (Lipinski definition) is 4. The Hall–Kier alpha value is -3.41. The standard InChI is InChI=1S/C26H25N3O2/c1-3-29-26(28-19-9-5-4-6-10-19)31-20(17-30-29)15-18-13-14-23-24(16-18)21-11-7-8-12-22(21)25(23)27-2/h4-16,25,27H,3,17H2,1-2H3/b20-15+,28-26?. The van der Waals surface area contributed by atoms with Gasteiger partial charge in [0.05, 0.1) is 11.7 Å². The average Bonchev–Trinajstić information content (AvgIpc) is 3.13. The van der Waals surface area contributed by atoms with Gasteiger partial charge in [0.15, 0.2) is 0 Å². The molecule has 0 amide bonds. The monoisotopic (exact) mass is 411 g/mol. The van der Waals surface area contributed by atoms with Gasteiger partial charge in [0, 0.05) is 6.54 Å². The first kappa shape index (κ1) is 19.5. The molecule has 31 heavy (non-hydrogen) atoms. The molecule has 5 nitrogen and oxygen atoms in total. The van der Waals surface area contributed by atoms with Crippen LogP contribution in [-0.4, -0.2) is 31.3 Å². The third kappa shape index (κ3) is 3.74. The minimum Gasteiger partial charge on any atom is -0.426 e. The lowest BCUT2D eigenvalue weighted by molar-refractivity contribution is -0.130. The van der Waals surface area contributed by atoms with Gasteiger partial charge in [-0.25, -0.2) is 5.06 Å². The van der Waals surface area contributed by atoms with Gasteiger partial charge in [-0.05, 0) is 66.1 Å². The van der Waals surface area contributed by atoms with Crippen molar-refractivity contribution in [1.82, 2.24) is 10.4 Å². The molecule has 0 saturated carbocycles. The minimum absolute atomic E-state index is 0.227. The second-order valence-corrected chi connectivity index (χ2v) is 7.57. The Balaban J connectivity index is 1.46. The number of amidine groups is 1. The molecule has 1 heterocycles. The lowest BCUT2D eigenvalue weighted by Crippen LogP contribution is -2.38. The second-order valence-electron chi connectivity index (χ2n) is 7.57. The van der Waals surface area contributed by atoms with Crippen molar-refractivity contribution in [1.29, 1.82) is 0 Å². The molecule has 1 unspecified atom stereocenters. The minimum atomic E-state index is 0.227. The third-order valence-electron chi connectivity index (χ3n) is 5.63. The smallest absolute Gasteiger partial charge is 0.322 e. The van der Waals surface area contributed by atoms with Crippen LogP contribution < -0.4 is 5.32 Å². The summed E-state index contributed by atoms with van der Waals surface area (Å²) in [6, 6.07) is 25.6. The van der Waals surface area contributed by atoms with E-state index in [4.69, 9.17) is 9.57 Å². The van der Waals surface area contributed by atoms with Crippen LogP contribution in [0.15, 0.2) is 83.5 Å². The Morgan fingerprint density at radius 1 is 1.00 bits per heavy atom. The van der Waals surface area contributed by atoms with Crippen LogP contribution in [0.3, 0.4) is 0 Å². The molecule has 0 aromatic heterocycles. The zero-order valence-electron chi connectivity index (χ0n) is 17.7. The fourth-order valence-electron chi connectivity index (χ4n) is 4.19. The van der Waals surface area contributed by atoms with Crippen LogP contribution in [-0.2, 0) is 9.57 Å². The van der Waals surface area contributed by atoms with E-state index in [0.717, 1.165) is 17.0 Å². The van der Waals surface area contributed by atoms with Gasteiger partial charge in [0.1, 0.15) is 12.4 Å². The zero-order chi connectivity index (χ0) is 21.2. The highest BCUT2D eigenvalue weighted by atomic mass is 16.7. The van der Waals surface area contributed by atoms with E-state index in [-0.39, 0.29) is 6.04 Å². The molecule has 3 aromatic carbocycles. The molecule has 1 aliphatic carbocycles. The maximum absolute atomic E-state index is 6.13. The van der Waals surface area contributed by atoms with Crippen LogP contribution in [0.4, 0.5) is 5.69 Å². The van der Waals surface area contributed by atoms with E-state index < -0.39 is 0 Å². The molecule has 0 spiro atoms. The zero-order valence-corrected chi connectivity index (χ0v) is 17.7. The fraction of sp³-hybridized carbons (Fsp3) is 0.192. The Morgan fingerprint density at radius 3 is 2.58 bits per heavy atom. The van der Waals surface area contributed by atoms with E-state index >= 15 is 0 Å². The lowest BCUT2D eigenvalue weighted by Gasteiger charge is -2.29. The lowest BCUT2D eigenvalue weighted by atomic mass is 10.0. The highest BCUT2D eigenvalue weighted by molar-refractivity contribution is 5.81. The predicted octanol–water partition coefficient (Wildman–Crippen LogP) is 5.29. The van der Waals surface area contributed by atoms with Crippen molar-refractivity contribution in [3.05, 3.63) is 95.2 Å². The first-order chi connectivity index (χ1) is 15.3. The normalized spacial score (nSPS) is 19.9. The number of fused-ring (bicyclic) bond motifs is 3. The van der Waals surface area contributed by atoms with Crippen LogP contribution in [0.1, 0.15) is 29.7 Å². The maximum Gasteiger partial charge on any atom is 0.322 e. The van der Waals surface area contributed by atoms with E-state index in [1.54, 1.807) is 5.06 Å². The summed E-state index contributed by atoms with van der Waals surface area (Å²) in [5, 5.41) is 5.12. The molecule has 2 aliphatic rings. The summed E-state index contributed by atoms with van der Waals surface area (Å²) < 4.78 is 6.13. The predicted molar refractivity (Wildman–Crippen MR) is 124 cm³/mol. The summed E-state index contributed by atoms with van der Waals surface area (Å²) in [6.07, 6.45) is 2.03. The summed E-state index contributed by atoms with van der Waals surface area (Å²) in [5.41, 5.74) is 7.06. The molecule has 156 valence electrons. The molecule has 0 bridgehead atoms. The Morgan fingerprint density at radius 2 is 1.77 bits per heavy atom. The second kappa shape index (κ2) is 8.38. The van der Waals surface area contributed by atoms with Crippen LogP contribution in [0.2, 0.25) is 0 Å². The molecular weight excluding hydrogens is 386 g/mol. The first-order valence-corrected chi connectivity index (χ1v) is 10.6. The van der Waals surface area contributed by atoms with Crippen LogP contribution in [0.5, 0.6) is 0 Å². The first-order valence-electron chi connectivity index (χ1n) is 10.6. The van der Waals surface area contributed by atoms with E-state index in [1.807, 2.05) is 50.4 Å². The number of hydrogen-bond donors (Lipinski definition) is 1. The highest BCUT2D eigenvalue weighted by Crippen LogP contribution is 2.43. The van der Waals surface area contributed by atoms with Crippen molar-refractivity contribution in [3.8, 4) is 11.1 Å². The Bertz CT molecular complexity index is 1150. The highest BCUT2D eigenvalue weighted by Gasteiger charge is 2.27. The van der Waals surface area contributed by atoms with Gasteiger partial charge in [0.25, 0.3) is 0 Å². The van der Waals surface area contributed by atoms with E-state index in [1.165, 1.54) is 22.3 Å². The molecule has 0 radical (unpaired) electrons. The van der Waals surface area contributed by atoms with Gasteiger partial charge in [0.2, 0.25) is 0 Å². The molecule has 1 N–H and O–H groups in total. The molecule has 5 heteroatoms. The van der Waals surface area contributed by atoms with Crippen LogP contribution in [0, 0.1) is 0 Å². The quantitative estimate of drug-likeness (QED) is 0.634. The number of ether oxygens (including phenoxy) is 1. The number of hydroxylamine groups is 2. The SMILES string of the molecule is CCN1OC/C(=C\c2ccc3c(c2)-c2ccccc2C3NC)OC1=Nc1ccccc1. The molecule has 1 fully saturated rings. The van der Waals surface area contributed by atoms with Crippen LogP contribution in [0.25, 0.3) is 17.2 Å². The van der Waals surface area contributed by atoms with Gasteiger partial charge in [-0.2, -0.15) is 4.99 Å². The van der Waals surface area contributed by atoms with Crippen molar-refractivity contribution in [2.75, 3.05) is 20.2 Å². The molecular formula is C26H25N3O2.